The van der Waals surface area contributed by atoms with E-state index < -0.39 is 0 Å². The van der Waals surface area contributed by atoms with Crippen molar-refractivity contribution in [3.05, 3.63) is 59.1 Å². The molecular weight excluding hydrogens is 270 g/mol. The highest BCUT2D eigenvalue weighted by atomic mass is 35.5. The summed E-state index contributed by atoms with van der Waals surface area (Å²) < 4.78 is 5.17. The zero-order chi connectivity index (χ0) is 14.0. The van der Waals surface area contributed by atoms with Crippen LogP contribution in [0.4, 0.5) is 5.69 Å². The Morgan fingerprint density at radius 3 is 2.50 bits per heavy atom. The van der Waals surface area contributed by atoms with Crippen molar-refractivity contribution in [1.82, 2.24) is 0 Å². The van der Waals surface area contributed by atoms with E-state index in [0.717, 1.165) is 12.2 Å². The van der Waals surface area contributed by atoms with Crippen LogP contribution in [0.2, 0.25) is 5.02 Å². The first kappa shape index (κ1) is 13.3. The monoisotopic (exact) mass is 287 g/mol. The van der Waals surface area contributed by atoms with Crippen molar-refractivity contribution in [2.75, 3.05) is 19.0 Å². The summed E-state index contributed by atoms with van der Waals surface area (Å²) >= 11 is 6.15. The third-order valence-corrected chi connectivity index (χ3v) is 4.32. The molecule has 2 aromatic rings. The van der Waals surface area contributed by atoms with Crippen LogP contribution in [0.25, 0.3) is 0 Å². The average molecular weight is 288 g/mol. The fourth-order valence-electron chi connectivity index (χ4n) is 2.56. The van der Waals surface area contributed by atoms with Crippen molar-refractivity contribution in [3.63, 3.8) is 0 Å². The van der Waals surface area contributed by atoms with E-state index in [9.17, 15) is 0 Å². The average Bonchev–Trinajstić information content (AvgIpc) is 3.27. The molecule has 0 aromatic heterocycles. The van der Waals surface area contributed by atoms with Crippen LogP contribution in [0, 0.1) is 0 Å². The summed E-state index contributed by atoms with van der Waals surface area (Å²) in [5.74, 6) is 0.710. The molecule has 3 rings (SSSR count). The number of nitrogens with one attached hydrogen (secondary N) is 1. The molecule has 3 heteroatoms. The molecule has 0 atom stereocenters. The van der Waals surface area contributed by atoms with Gasteiger partial charge >= 0.3 is 0 Å². The Morgan fingerprint density at radius 2 is 1.90 bits per heavy atom. The van der Waals surface area contributed by atoms with Gasteiger partial charge in [0.1, 0.15) is 5.75 Å². The maximum atomic E-state index is 6.15. The van der Waals surface area contributed by atoms with Crippen LogP contribution in [-0.2, 0) is 5.41 Å². The molecule has 0 heterocycles. The Labute approximate surface area is 124 Å². The smallest absolute Gasteiger partial charge is 0.137 e. The Bertz CT molecular complexity index is 593. The Morgan fingerprint density at radius 1 is 1.15 bits per heavy atom. The van der Waals surface area contributed by atoms with Crippen LogP contribution in [-0.4, -0.2) is 13.7 Å². The highest BCUT2D eigenvalue weighted by Crippen LogP contribution is 2.48. The van der Waals surface area contributed by atoms with Gasteiger partial charge in [-0.15, -0.1) is 0 Å². The molecule has 1 saturated carbocycles. The van der Waals surface area contributed by atoms with Gasteiger partial charge in [0.25, 0.3) is 0 Å². The molecule has 2 nitrogen and oxygen atoms in total. The molecule has 2 aromatic carbocycles. The molecule has 0 bridgehead atoms. The van der Waals surface area contributed by atoms with E-state index in [0.29, 0.717) is 16.2 Å². The van der Waals surface area contributed by atoms with Crippen LogP contribution in [0.1, 0.15) is 18.4 Å². The second-order valence-corrected chi connectivity index (χ2v) is 5.76. The molecule has 1 aliphatic carbocycles. The number of methoxy groups -OCH3 is 1. The van der Waals surface area contributed by atoms with Crippen molar-refractivity contribution < 1.29 is 4.74 Å². The fourth-order valence-corrected chi connectivity index (χ4v) is 2.82. The van der Waals surface area contributed by atoms with Gasteiger partial charge < -0.3 is 10.1 Å². The number of benzene rings is 2. The van der Waals surface area contributed by atoms with Gasteiger partial charge in [-0.05, 0) is 36.6 Å². The SMILES string of the molecule is COc1ccc(NCC2(c3ccccc3)CC2)cc1Cl. The predicted octanol–water partition coefficient (Wildman–Crippen LogP) is 4.49. The van der Waals surface area contributed by atoms with Crippen molar-refractivity contribution >= 4 is 17.3 Å². The number of hydrogen-bond donors (Lipinski definition) is 1. The van der Waals surface area contributed by atoms with E-state index in [1.807, 2.05) is 18.2 Å². The number of ether oxygens (including phenoxy) is 1. The van der Waals surface area contributed by atoms with E-state index in [1.54, 1.807) is 7.11 Å². The quantitative estimate of drug-likeness (QED) is 0.875. The molecule has 0 amide bonds. The van der Waals surface area contributed by atoms with Gasteiger partial charge in [0.05, 0.1) is 12.1 Å². The van der Waals surface area contributed by atoms with Crippen LogP contribution < -0.4 is 10.1 Å². The van der Waals surface area contributed by atoms with Crippen LogP contribution in [0.5, 0.6) is 5.75 Å². The first-order valence-electron chi connectivity index (χ1n) is 6.86. The van der Waals surface area contributed by atoms with E-state index in [2.05, 4.69) is 35.6 Å². The van der Waals surface area contributed by atoms with Gasteiger partial charge in [-0.3, -0.25) is 0 Å². The lowest BCUT2D eigenvalue weighted by molar-refractivity contribution is 0.415. The summed E-state index contributed by atoms with van der Waals surface area (Å²) in [5, 5.41) is 4.14. The molecule has 0 radical (unpaired) electrons. The molecular formula is C17H18ClNO. The summed E-state index contributed by atoms with van der Waals surface area (Å²) in [6.07, 6.45) is 2.49. The lowest BCUT2D eigenvalue weighted by Gasteiger charge is -2.18. The second-order valence-electron chi connectivity index (χ2n) is 5.35. The molecule has 0 spiro atoms. The molecule has 1 fully saturated rings. The van der Waals surface area contributed by atoms with Gasteiger partial charge in [0.15, 0.2) is 0 Å². The van der Waals surface area contributed by atoms with E-state index in [1.165, 1.54) is 18.4 Å². The summed E-state index contributed by atoms with van der Waals surface area (Å²) in [5.41, 5.74) is 2.76. The molecule has 0 saturated heterocycles. The van der Waals surface area contributed by atoms with Crippen LogP contribution in [0.15, 0.2) is 48.5 Å². The largest absolute Gasteiger partial charge is 0.495 e. The van der Waals surface area contributed by atoms with Crippen LogP contribution in [0.3, 0.4) is 0 Å². The molecule has 1 N–H and O–H groups in total. The van der Waals surface area contributed by atoms with Crippen molar-refractivity contribution in [3.8, 4) is 5.75 Å². The third kappa shape index (κ3) is 2.61. The number of hydrogen-bond acceptors (Lipinski definition) is 2. The zero-order valence-corrected chi connectivity index (χ0v) is 12.3. The van der Waals surface area contributed by atoms with Crippen molar-refractivity contribution in [1.29, 1.82) is 0 Å². The van der Waals surface area contributed by atoms with Crippen molar-refractivity contribution in [2.24, 2.45) is 0 Å². The minimum Gasteiger partial charge on any atom is -0.495 e. The number of anilines is 1. The molecule has 0 aliphatic heterocycles. The fraction of sp³-hybridized carbons (Fsp3) is 0.294. The Kier molecular flexibility index (Phi) is 3.58. The molecule has 104 valence electrons. The van der Waals surface area contributed by atoms with Gasteiger partial charge in [0, 0.05) is 17.6 Å². The predicted molar refractivity (Wildman–Crippen MR) is 83.8 cm³/mol. The van der Waals surface area contributed by atoms with E-state index in [-0.39, 0.29) is 0 Å². The highest BCUT2D eigenvalue weighted by molar-refractivity contribution is 6.32. The standard InChI is InChI=1S/C17H18ClNO/c1-20-16-8-7-14(11-15(16)18)19-12-17(9-10-17)13-5-3-2-4-6-13/h2-8,11,19H,9-10,12H2,1H3. The first-order valence-corrected chi connectivity index (χ1v) is 7.24. The van der Waals surface area contributed by atoms with Crippen molar-refractivity contribution in [2.45, 2.75) is 18.3 Å². The summed E-state index contributed by atoms with van der Waals surface area (Å²) in [6.45, 7) is 0.944. The number of rotatable bonds is 5. The number of halogens is 1. The normalized spacial score (nSPS) is 15.7. The Hall–Kier alpha value is -1.67. The minimum absolute atomic E-state index is 0.299. The second kappa shape index (κ2) is 5.37. The lowest BCUT2D eigenvalue weighted by Crippen LogP contribution is -2.19. The van der Waals surface area contributed by atoms with E-state index >= 15 is 0 Å². The van der Waals surface area contributed by atoms with Gasteiger partial charge in [0.2, 0.25) is 0 Å². The minimum atomic E-state index is 0.299. The van der Waals surface area contributed by atoms with E-state index in [4.69, 9.17) is 16.3 Å². The van der Waals surface area contributed by atoms with Crippen LogP contribution >= 0.6 is 11.6 Å². The third-order valence-electron chi connectivity index (χ3n) is 4.02. The lowest BCUT2D eigenvalue weighted by atomic mass is 9.96. The highest BCUT2D eigenvalue weighted by Gasteiger charge is 2.43. The molecule has 20 heavy (non-hydrogen) atoms. The Balaban J connectivity index is 1.69. The molecule has 0 unspecified atom stereocenters. The van der Waals surface area contributed by atoms with Gasteiger partial charge in [-0.2, -0.15) is 0 Å². The maximum absolute atomic E-state index is 6.15. The van der Waals surface area contributed by atoms with Gasteiger partial charge in [-0.25, -0.2) is 0 Å². The first-order chi connectivity index (χ1) is 9.73. The summed E-state index contributed by atoms with van der Waals surface area (Å²) in [6, 6.07) is 16.5. The zero-order valence-electron chi connectivity index (χ0n) is 11.5. The molecule has 1 aliphatic rings. The maximum Gasteiger partial charge on any atom is 0.137 e. The summed E-state index contributed by atoms with van der Waals surface area (Å²) in [4.78, 5) is 0. The topological polar surface area (TPSA) is 21.3 Å². The van der Waals surface area contributed by atoms with Gasteiger partial charge in [-0.1, -0.05) is 41.9 Å². The summed E-state index contributed by atoms with van der Waals surface area (Å²) in [7, 11) is 1.63.